The number of fused-ring (bicyclic) bond motifs is 1. The van der Waals surface area contributed by atoms with Crippen LogP contribution in [-0.2, 0) is 18.3 Å². The molecule has 1 amide bonds. The van der Waals surface area contributed by atoms with Gasteiger partial charge < -0.3 is 15.0 Å². The molecule has 0 unspecified atom stereocenters. The van der Waals surface area contributed by atoms with E-state index in [1.165, 1.54) is 0 Å². The number of nitrogens with one attached hydrogen (secondary N) is 1. The maximum Gasteiger partial charge on any atom is 0.255 e. The van der Waals surface area contributed by atoms with Crippen molar-refractivity contribution < 1.29 is 9.59 Å². The first-order valence-corrected chi connectivity index (χ1v) is 9.77. The van der Waals surface area contributed by atoms with E-state index in [4.69, 9.17) is 0 Å². The fraction of sp³-hybridized carbons (Fsp3) is 0.316. The number of hydrogen-bond donors (Lipinski definition) is 1. The summed E-state index contributed by atoms with van der Waals surface area (Å²) in [6, 6.07) is 3.31. The lowest BCUT2D eigenvalue weighted by atomic mass is 10.1. The van der Waals surface area contributed by atoms with Gasteiger partial charge in [-0.2, -0.15) is 5.10 Å². The zero-order chi connectivity index (χ0) is 19.8. The van der Waals surface area contributed by atoms with Crippen LogP contribution in [0.1, 0.15) is 27.7 Å². The Bertz CT molecular complexity index is 1060. The molecule has 0 radical (unpaired) electrons. The van der Waals surface area contributed by atoms with E-state index in [2.05, 4.69) is 20.4 Å². The summed E-state index contributed by atoms with van der Waals surface area (Å²) >= 11 is 1.58. The number of nitrogens with zero attached hydrogens (tertiary/aromatic N) is 5. The molecule has 1 atom stereocenters. The van der Waals surface area contributed by atoms with Crippen LogP contribution < -0.4 is 5.32 Å². The molecule has 4 heterocycles. The highest BCUT2D eigenvalue weighted by Gasteiger charge is 2.30. The highest BCUT2D eigenvalue weighted by atomic mass is 32.1. The number of anilines is 2. The van der Waals surface area contributed by atoms with Gasteiger partial charge in [0.2, 0.25) is 5.95 Å². The van der Waals surface area contributed by atoms with Gasteiger partial charge in [0.15, 0.2) is 0 Å². The number of carbonyl (C=O) groups is 2. The number of rotatable bonds is 5. The summed E-state index contributed by atoms with van der Waals surface area (Å²) in [4.78, 5) is 36.5. The van der Waals surface area contributed by atoms with Gasteiger partial charge in [-0.1, -0.05) is 0 Å². The minimum atomic E-state index is -0.417. The van der Waals surface area contributed by atoms with E-state index >= 15 is 0 Å². The summed E-state index contributed by atoms with van der Waals surface area (Å²) in [5, 5.41) is 7.28. The average Bonchev–Trinajstić information content (AvgIpc) is 3.30. The Morgan fingerprint density at radius 3 is 2.93 bits per heavy atom. The number of aldehydes is 1. The first-order valence-electron chi connectivity index (χ1n) is 8.96. The molecule has 1 aliphatic heterocycles. The van der Waals surface area contributed by atoms with Crippen molar-refractivity contribution >= 4 is 35.3 Å². The van der Waals surface area contributed by atoms with Crippen LogP contribution in [-0.4, -0.2) is 49.4 Å². The molecule has 0 saturated carbocycles. The molecule has 0 spiro atoms. The van der Waals surface area contributed by atoms with Gasteiger partial charge in [0.25, 0.3) is 5.91 Å². The van der Waals surface area contributed by atoms with Gasteiger partial charge in [-0.3, -0.25) is 9.48 Å². The molecule has 0 aromatic carbocycles. The summed E-state index contributed by atoms with van der Waals surface area (Å²) < 4.78 is 1.70. The second-order valence-electron chi connectivity index (χ2n) is 6.76. The molecule has 0 aliphatic carbocycles. The number of hydrogen-bond acceptors (Lipinski definition) is 7. The lowest BCUT2D eigenvalue weighted by molar-refractivity contribution is -0.111. The fourth-order valence-electron chi connectivity index (χ4n) is 3.22. The van der Waals surface area contributed by atoms with Crippen molar-refractivity contribution in [3.8, 4) is 10.6 Å². The van der Waals surface area contributed by atoms with Crippen LogP contribution in [0.2, 0.25) is 0 Å². The lowest BCUT2D eigenvalue weighted by Crippen LogP contribution is -2.43. The SMILES string of the molecule is Cc1cnc(Nc2ccnn2C)nc1-c1cc2c(s1)CCN([C@@H](C)C=O)C2=O. The van der Waals surface area contributed by atoms with Crippen molar-refractivity contribution in [1.29, 1.82) is 0 Å². The zero-order valence-corrected chi connectivity index (χ0v) is 16.7. The van der Waals surface area contributed by atoms with Gasteiger partial charge in [0.1, 0.15) is 12.1 Å². The second-order valence-corrected chi connectivity index (χ2v) is 7.90. The van der Waals surface area contributed by atoms with Gasteiger partial charge >= 0.3 is 0 Å². The van der Waals surface area contributed by atoms with Crippen LogP contribution in [0.15, 0.2) is 24.5 Å². The van der Waals surface area contributed by atoms with Crippen LogP contribution in [0.4, 0.5) is 11.8 Å². The van der Waals surface area contributed by atoms with Crippen molar-refractivity contribution in [1.82, 2.24) is 24.6 Å². The van der Waals surface area contributed by atoms with E-state index in [-0.39, 0.29) is 5.91 Å². The van der Waals surface area contributed by atoms with E-state index in [0.717, 1.165) is 39.5 Å². The third kappa shape index (κ3) is 3.18. The van der Waals surface area contributed by atoms with Gasteiger partial charge in [0.05, 0.1) is 28.4 Å². The van der Waals surface area contributed by atoms with E-state index in [0.29, 0.717) is 18.1 Å². The molecular weight excluding hydrogens is 376 g/mol. The molecular formula is C19H20N6O2S. The third-order valence-electron chi connectivity index (χ3n) is 4.83. The van der Waals surface area contributed by atoms with Crippen molar-refractivity contribution in [2.24, 2.45) is 7.05 Å². The molecule has 1 aliphatic rings. The Morgan fingerprint density at radius 2 is 2.21 bits per heavy atom. The summed E-state index contributed by atoms with van der Waals surface area (Å²) in [5.74, 6) is 1.16. The molecule has 144 valence electrons. The lowest BCUT2D eigenvalue weighted by Gasteiger charge is -2.29. The van der Waals surface area contributed by atoms with Gasteiger partial charge in [-0.25, -0.2) is 9.97 Å². The summed E-state index contributed by atoms with van der Waals surface area (Å²) in [6.45, 7) is 4.25. The summed E-state index contributed by atoms with van der Waals surface area (Å²) in [5.41, 5.74) is 2.39. The Morgan fingerprint density at radius 1 is 1.39 bits per heavy atom. The smallest absolute Gasteiger partial charge is 0.255 e. The van der Waals surface area contributed by atoms with Crippen molar-refractivity contribution in [2.45, 2.75) is 26.3 Å². The molecule has 0 fully saturated rings. The van der Waals surface area contributed by atoms with Crippen LogP contribution in [0, 0.1) is 6.92 Å². The first kappa shape index (κ1) is 18.3. The molecule has 1 N–H and O–H groups in total. The number of aromatic nitrogens is 4. The average molecular weight is 396 g/mol. The quantitative estimate of drug-likeness (QED) is 0.667. The van der Waals surface area contributed by atoms with Crippen LogP contribution in [0.25, 0.3) is 10.6 Å². The monoisotopic (exact) mass is 396 g/mol. The first-order chi connectivity index (χ1) is 13.5. The Hall–Kier alpha value is -3.07. The molecule has 9 heteroatoms. The van der Waals surface area contributed by atoms with Crippen molar-refractivity contribution in [3.05, 3.63) is 40.5 Å². The van der Waals surface area contributed by atoms with Crippen LogP contribution in [0.5, 0.6) is 0 Å². The Labute approximate surface area is 166 Å². The normalized spacial score (nSPS) is 14.7. The number of thiophene rings is 1. The Kier molecular flexibility index (Phi) is 4.68. The minimum Gasteiger partial charge on any atom is -0.329 e. The second kappa shape index (κ2) is 7.16. The summed E-state index contributed by atoms with van der Waals surface area (Å²) in [7, 11) is 1.84. The number of amides is 1. The van der Waals surface area contributed by atoms with E-state index in [1.807, 2.05) is 26.1 Å². The minimum absolute atomic E-state index is 0.0942. The highest BCUT2D eigenvalue weighted by molar-refractivity contribution is 7.15. The highest BCUT2D eigenvalue weighted by Crippen LogP contribution is 2.36. The topological polar surface area (TPSA) is 93.0 Å². The van der Waals surface area contributed by atoms with E-state index in [1.54, 1.807) is 40.2 Å². The molecule has 0 saturated heterocycles. The van der Waals surface area contributed by atoms with Crippen LogP contribution >= 0.6 is 11.3 Å². The fourth-order valence-corrected chi connectivity index (χ4v) is 4.41. The van der Waals surface area contributed by atoms with Gasteiger partial charge in [-0.15, -0.1) is 11.3 Å². The van der Waals surface area contributed by atoms with Crippen LogP contribution in [0.3, 0.4) is 0 Å². The molecule has 8 nitrogen and oxygen atoms in total. The maximum absolute atomic E-state index is 12.8. The molecule has 4 rings (SSSR count). The Balaban J connectivity index is 1.67. The van der Waals surface area contributed by atoms with Gasteiger partial charge in [-0.05, 0) is 25.5 Å². The summed E-state index contributed by atoms with van der Waals surface area (Å²) in [6.07, 6.45) is 5.01. The zero-order valence-electron chi connectivity index (χ0n) is 15.8. The van der Waals surface area contributed by atoms with E-state index in [9.17, 15) is 9.59 Å². The molecule has 28 heavy (non-hydrogen) atoms. The van der Waals surface area contributed by atoms with Crippen molar-refractivity contribution in [3.63, 3.8) is 0 Å². The standard InChI is InChI=1S/C19H20N6O2S/c1-11-9-20-19(22-16-4-6-21-24(16)3)23-17(11)15-8-13-14(28-15)5-7-25(18(13)27)12(2)10-26/h4,6,8-10,12H,5,7H2,1-3H3,(H,20,22,23)/t12-/m0/s1. The molecule has 0 bridgehead atoms. The van der Waals surface area contributed by atoms with E-state index < -0.39 is 6.04 Å². The molecule has 3 aromatic heterocycles. The molecule has 3 aromatic rings. The predicted molar refractivity (Wildman–Crippen MR) is 107 cm³/mol. The maximum atomic E-state index is 12.8. The predicted octanol–water partition coefficient (Wildman–Crippen LogP) is 2.58. The largest absolute Gasteiger partial charge is 0.329 e. The number of aryl methyl sites for hydroxylation is 2. The third-order valence-corrected chi connectivity index (χ3v) is 6.04. The van der Waals surface area contributed by atoms with Gasteiger partial charge in [0, 0.05) is 37.2 Å². The van der Waals surface area contributed by atoms with Crippen molar-refractivity contribution in [2.75, 3.05) is 11.9 Å². The number of carbonyl (C=O) groups excluding carboxylic acids is 2.